The maximum atomic E-state index is 5.73. The fourth-order valence-electron chi connectivity index (χ4n) is 2.23. The highest BCUT2D eigenvalue weighted by atomic mass is 16.5. The van der Waals surface area contributed by atoms with Gasteiger partial charge in [-0.05, 0) is 44.4 Å². The minimum atomic E-state index is 0.0623. The van der Waals surface area contributed by atoms with E-state index in [1.807, 2.05) is 13.1 Å². The Bertz CT molecular complexity index is 511. The molecular weight excluding hydrogens is 224 g/mol. The number of nitrogens with zero attached hydrogens (tertiary/aromatic N) is 1. The molecule has 2 heterocycles. The van der Waals surface area contributed by atoms with E-state index in [-0.39, 0.29) is 12.1 Å². The number of fused-ring (bicyclic) bond motifs is 1. The van der Waals surface area contributed by atoms with E-state index in [1.165, 1.54) is 18.4 Å². The van der Waals surface area contributed by atoms with Crippen LogP contribution in [0.4, 0.5) is 0 Å². The van der Waals surface area contributed by atoms with E-state index in [9.17, 15) is 0 Å². The highest BCUT2D eigenvalue weighted by molar-refractivity contribution is 5.36. The predicted molar refractivity (Wildman–Crippen MR) is 70.0 cm³/mol. The summed E-state index contributed by atoms with van der Waals surface area (Å²) in [4.78, 5) is 4.65. The Hall–Kier alpha value is -1.37. The van der Waals surface area contributed by atoms with Crippen molar-refractivity contribution in [3.05, 3.63) is 29.1 Å². The average molecular weight is 242 g/mol. The van der Waals surface area contributed by atoms with Gasteiger partial charge in [-0.15, -0.1) is 0 Å². The minimum absolute atomic E-state index is 0.0623. The first kappa shape index (κ1) is 11.7. The molecule has 18 heavy (non-hydrogen) atoms. The number of aromatic nitrogens is 1. The molecule has 3 rings (SSSR count). The van der Waals surface area contributed by atoms with Crippen molar-refractivity contribution >= 4 is 0 Å². The number of likely N-dealkylation sites (N-methyl/N-ethyl adjacent to an activating group) is 1. The SMILES string of the molecule is CNC1COC(C)c2nc(C#CC3CC3)ccc21. The normalized spacial score (nSPS) is 26.1. The lowest BCUT2D eigenvalue weighted by atomic mass is 9.99. The van der Waals surface area contributed by atoms with Crippen molar-refractivity contribution < 1.29 is 4.74 Å². The minimum Gasteiger partial charge on any atom is -0.370 e. The molecule has 1 N–H and O–H groups in total. The van der Waals surface area contributed by atoms with Gasteiger partial charge in [0.2, 0.25) is 0 Å². The zero-order chi connectivity index (χ0) is 12.5. The molecule has 0 saturated heterocycles. The molecule has 94 valence electrons. The molecule has 0 aromatic carbocycles. The highest BCUT2D eigenvalue weighted by Crippen LogP contribution is 2.31. The summed E-state index contributed by atoms with van der Waals surface area (Å²) in [6.07, 6.45) is 2.56. The van der Waals surface area contributed by atoms with Crippen LogP contribution >= 0.6 is 0 Å². The number of rotatable bonds is 1. The molecule has 0 radical (unpaired) electrons. The smallest absolute Gasteiger partial charge is 0.113 e. The zero-order valence-corrected chi connectivity index (χ0v) is 10.9. The lowest BCUT2D eigenvalue weighted by Gasteiger charge is -2.28. The third-order valence-electron chi connectivity index (χ3n) is 3.56. The van der Waals surface area contributed by atoms with Gasteiger partial charge in [0, 0.05) is 5.92 Å². The Labute approximate surface area is 108 Å². The molecule has 2 aliphatic rings. The molecule has 0 bridgehead atoms. The van der Waals surface area contributed by atoms with Crippen molar-refractivity contribution in [3.63, 3.8) is 0 Å². The van der Waals surface area contributed by atoms with Crippen LogP contribution in [0, 0.1) is 17.8 Å². The quantitative estimate of drug-likeness (QED) is 0.767. The molecule has 1 aliphatic carbocycles. The molecule has 1 fully saturated rings. The Morgan fingerprint density at radius 2 is 2.22 bits per heavy atom. The lowest BCUT2D eigenvalue weighted by Crippen LogP contribution is -2.29. The fraction of sp³-hybridized carbons (Fsp3) is 0.533. The Morgan fingerprint density at radius 3 is 2.94 bits per heavy atom. The second-order valence-electron chi connectivity index (χ2n) is 5.03. The molecule has 1 aliphatic heterocycles. The summed E-state index contributed by atoms with van der Waals surface area (Å²) in [6, 6.07) is 4.41. The molecule has 3 nitrogen and oxygen atoms in total. The summed E-state index contributed by atoms with van der Waals surface area (Å²) in [5.41, 5.74) is 3.14. The summed E-state index contributed by atoms with van der Waals surface area (Å²) in [6.45, 7) is 2.76. The summed E-state index contributed by atoms with van der Waals surface area (Å²) >= 11 is 0. The van der Waals surface area contributed by atoms with Gasteiger partial charge in [0.15, 0.2) is 0 Å². The first-order chi connectivity index (χ1) is 8.78. The maximum absolute atomic E-state index is 5.73. The third kappa shape index (κ3) is 2.27. The van der Waals surface area contributed by atoms with Gasteiger partial charge in [0.1, 0.15) is 5.69 Å². The van der Waals surface area contributed by atoms with Crippen molar-refractivity contribution in [2.24, 2.45) is 5.92 Å². The van der Waals surface area contributed by atoms with Gasteiger partial charge >= 0.3 is 0 Å². The second kappa shape index (κ2) is 4.72. The Kier molecular flexibility index (Phi) is 3.07. The van der Waals surface area contributed by atoms with Gasteiger partial charge in [-0.2, -0.15) is 0 Å². The summed E-state index contributed by atoms with van der Waals surface area (Å²) in [5, 5.41) is 3.26. The third-order valence-corrected chi connectivity index (χ3v) is 3.56. The molecule has 0 amide bonds. The van der Waals surface area contributed by atoms with E-state index in [0.29, 0.717) is 12.5 Å². The van der Waals surface area contributed by atoms with E-state index >= 15 is 0 Å². The summed E-state index contributed by atoms with van der Waals surface area (Å²) in [7, 11) is 1.95. The van der Waals surface area contributed by atoms with E-state index < -0.39 is 0 Å². The van der Waals surface area contributed by atoms with Crippen molar-refractivity contribution in [3.8, 4) is 11.8 Å². The molecule has 2 atom stereocenters. The Balaban J connectivity index is 1.93. The summed E-state index contributed by atoms with van der Waals surface area (Å²) in [5.74, 6) is 7.04. The predicted octanol–water partition coefficient (Wildman–Crippen LogP) is 2.19. The Morgan fingerprint density at radius 1 is 1.39 bits per heavy atom. The van der Waals surface area contributed by atoms with Gasteiger partial charge in [-0.1, -0.05) is 12.0 Å². The van der Waals surface area contributed by atoms with Crippen molar-refractivity contribution in [1.82, 2.24) is 10.3 Å². The molecule has 3 heteroatoms. The lowest BCUT2D eigenvalue weighted by molar-refractivity contribution is 0.0313. The highest BCUT2D eigenvalue weighted by Gasteiger charge is 2.25. The van der Waals surface area contributed by atoms with Crippen LogP contribution in [0.2, 0.25) is 0 Å². The van der Waals surface area contributed by atoms with Crippen LogP contribution in [0.3, 0.4) is 0 Å². The second-order valence-corrected chi connectivity index (χ2v) is 5.03. The van der Waals surface area contributed by atoms with Crippen LogP contribution in [0.15, 0.2) is 12.1 Å². The van der Waals surface area contributed by atoms with Crippen molar-refractivity contribution in [2.75, 3.05) is 13.7 Å². The molecular formula is C15H18N2O. The number of ether oxygens (including phenoxy) is 1. The largest absolute Gasteiger partial charge is 0.370 e. The van der Waals surface area contributed by atoms with Crippen molar-refractivity contribution in [1.29, 1.82) is 0 Å². The van der Waals surface area contributed by atoms with Gasteiger partial charge in [-0.25, -0.2) is 4.98 Å². The number of hydrogen-bond acceptors (Lipinski definition) is 3. The summed E-state index contributed by atoms with van der Waals surface area (Å²) < 4.78 is 5.73. The van der Waals surface area contributed by atoms with Crippen LogP contribution in [-0.4, -0.2) is 18.6 Å². The van der Waals surface area contributed by atoms with Gasteiger partial charge in [-0.3, -0.25) is 0 Å². The number of pyridine rings is 1. The zero-order valence-electron chi connectivity index (χ0n) is 10.9. The van der Waals surface area contributed by atoms with E-state index in [1.54, 1.807) is 0 Å². The van der Waals surface area contributed by atoms with E-state index in [2.05, 4.69) is 35.1 Å². The van der Waals surface area contributed by atoms with E-state index in [0.717, 1.165) is 11.4 Å². The number of nitrogens with one attached hydrogen (secondary N) is 1. The van der Waals surface area contributed by atoms with Crippen LogP contribution in [0.5, 0.6) is 0 Å². The van der Waals surface area contributed by atoms with Crippen LogP contribution in [-0.2, 0) is 4.74 Å². The fourth-order valence-corrected chi connectivity index (χ4v) is 2.23. The average Bonchev–Trinajstić information content (AvgIpc) is 3.21. The molecule has 0 spiro atoms. The first-order valence-electron chi connectivity index (χ1n) is 6.59. The number of hydrogen-bond donors (Lipinski definition) is 1. The van der Waals surface area contributed by atoms with Gasteiger partial charge in [0.25, 0.3) is 0 Å². The van der Waals surface area contributed by atoms with Crippen LogP contribution in [0.25, 0.3) is 0 Å². The first-order valence-corrected chi connectivity index (χ1v) is 6.59. The molecule has 1 aromatic rings. The van der Waals surface area contributed by atoms with Gasteiger partial charge < -0.3 is 10.1 Å². The topological polar surface area (TPSA) is 34.1 Å². The molecule has 1 aromatic heterocycles. The van der Waals surface area contributed by atoms with Gasteiger partial charge in [0.05, 0.1) is 24.4 Å². The van der Waals surface area contributed by atoms with Crippen molar-refractivity contribution in [2.45, 2.75) is 31.9 Å². The standard InChI is InChI=1S/C15H18N2O/c1-10-15-13(14(16-2)9-18-10)8-7-12(17-15)6-5-11-3-4-11/h7-8,10-11,14,16H,3-4,9H2,1-2H3. The van der Waals surface area contributed by atoms with Crippen LogP contribution < -0.4 is 5.32 Å². The molecule has 1 saturated carbocycles. The molecule has 2 unspecified atom stereocenters. The van der Waals surface area contributed by atoms with E-state index in [4.69, 9.17) is 4.74 Å². The maximum Gasteiger partial charge on any atom is 0.113 e. The monoisotopic (exact) mass is 242 g/mol. The van der Waals surface area contributed by atoms with Crippen LogP contribution in [0.1, 0.15) is 48.9 Å².